The number of carbonyl (C=O) groups is 1. The van der Waals surface area contributed by atoms with Gasteiger partial charge in [-0.15, -0.1) is 0 Å². The number of primary amides is 1. The minimum Gasteiger partial charge on any atom is -0.365 e. The summed E-state index contributed by atoms with van der Waals surface area (Å²) in [5.74, 6) is -0.0201. The number of rotatable bonds is 3. The second-order valence-corrected chi connectivity index (χ2v) is 4.10. The molecule has 86 valence electrons. The van der Waals surface area contributed by atoms with Crippen LogP contribution in [0.15, 0.2) is 12.4 Å². The van der Waals surface area contributed by atoms with Gasteiger partial charge in [0.15, 0.2) is 11.5 Å². The molecule has 16 heavy (non-hydrogen) atoms. The Labute approximate surface area is 94.5 Å². The first-order valence-electron chi connectivity index (χ1n) is 5.64. The molecular formula is C11H16N4O. The standard InChI is InChI=1S/C11H16N4O/c12-10(16)9-11(14-7-6-13-9)15-8-4-2-1-3-5-8/h6-8H,1-5H2,(H2,12,16)(H,14,15). The summed E-state index contributed by atoms with van der Waals surface area (Å²) in [4.78, 5) is 19.2. The Kier molecular flexibility index (Phi) is 3.34. The van der Waals surface area contributed by atoms with Crippen molar-refractivity contribution in [3.05, 3.63) is 18.1 Å². The van der Waals surface area contributed by atoms with Gasteiger partial charge in [-0.05, 0) is 12.8 Å². The number of nitrogens with one attached hydrogen (secondary N) is 1. The summed E-state index contributed by atoms with van der Waals surface area (Å²) in [7, 11) is 0. The van der Waals surface area contributed by atoms with Gasteiger partial charge in [-0.2, -0.15) is 0 Å². The first kappa shape index (κ1) is 10.9. The zero-order chi connectivity index (χ0) is 11.4. The van der Waals surface area contributed by atoms with Gasteiger partial charge >= 0.3 is 0 Å². The Morgan fingerprint density at radius 2 is 1.94 bits per heavy atom. The van der Waals surface area contributed by atoms with Crippen LogP contribution >= 0.6 is 0 Å². The SMILES string of the molecule is NC(=O)c1nccnc1NC1CCCCC1. The Morgan fingerprint density at radius 1 is 1.25 bits per heavy atom. The van der Waals surface area contributed by atoms with Crippen molar-refractivity contribution in [2.45, 2.75) is 38.1 Å². The van der Waals surface area contributed by atoms with E-state index in [1.165, 1.54) is 25.5 Å². The van der Waals surface area contributed by atoms with E-state index in [2.05, 4.69) is 15.3 Å². The summed E-state index contributed by atoms with van der Waals surface area (Å²) in [6.07, 6.45) is 9.03. The number of nitrogens with two attached hydrogens (primary N) is 1. The summed E-state index contributed by atoms with van der Waals surface area (Å²) in [5.41, 5.74) is 5.47. The number of hydrogen-bond acceptors (Lipinski definition) is 4. The van der Waals surface area contributed by atoms with Crippen molar-refractivity contribution in [3.63, 3.8) is 0 Å². The molecule has 0 atom stereocenters. The molecule has 0 bridgehead atoms. The molecule has 0 aromatic carbocycles. The predicted octanol–water partition coefficient (Wildman–Crippen LogP) is 1.32. The van der Waals surface area contributed by atoms with Crippen molar-refractivity contribution in [3.8, 4) is 0 Å². The molecule has 1 fully saturated rings. The van der Waals surface area contributed by atoms with Gasteiger partial charge in [0, 0.05) is 18.4 Å². The second kappa shape index (κ2) is 4.92. The van der Waals surface area contributed by atoms with E-state index < -0.39 is 5.91 Å². The minimum atomic E-state index is -0.536. The molecule has 5 nitrogen and oxygen atoms in total. The molecule has 0 unspecified atom stereocenters. The highest BCUT2D eigenvalue weighted by Gasteiger charge is 2.17. The lowest BCUT2D eigenvalue weighted by Gasteiger charge is -2.23. The monoisotopic (exact) mass is 220 g/mol. The number of carbonyl (C=O) groups excluding carboxylic acids is 1. The average molecular weight is 220 g/mol. The molecule has 1 aliphatic rings. The topological polar surface area (TPSA) is 80.9 Å². The van der Waals surface area contributed by atoms with Crippen LogP contribution in [0.5, 0.6) is 0 Å². The quantitative estimate of drug-likeness (QED) is 0.805. The second-order valence-electron chi connectivity index (χ2n) is 4.10. The van der Waals surface area contributed by atoms with Crippen LogP contribution in [0.2, 0.25) is 0 Å². The van der Waals surface area contributed by atoms with Crippen molar-refractivity contribution in [2.24, 2.45) is 5.73 Å². The first-order chi connectivity index (χ1) is 7.77. The van der Waals surface area contributed by atoms with Crippen LogP contribution in [0.25, 0.3) is 0 Å². The molecule has 0 spiro atoms. The summed E-state index contributed by atoms with van der Waals surface area (Å²) >= 11 is 0. The minimum absolute atomic E-state index is 0.230. The fourth-order valence-corrected chi connectivity index (χ4v) is 2.06. The van der Waals surface area contributed by atoms with Crippen molar-refractivity contribution in [1.29, 1.82) is 0 Å². The lowest BCUT2D eigenvalue weighted by atomic mass is 9.95. The number of amides is 1. The molecule has 0 saturated heterocycles. The van der Waals surface area contributed by atoms with Crippen LogP contribution in [0.4, 0.5) is 5.82 Å². The predicted molar refractivity (Wildman–Crippen MR) is 61.0 cm³/mol. The molecule has 1 amide bonds. The highest BCUT2D eigenvalue weighted by Crippen LogP contribution is 2.21. The van der Waals surface area contributed by atoms with Gasteiger partial charge in [0.2, 0.25) is 0 Å². The van der Waals surface area contributed by atoms with Crippen molar-refractivity contribution in [1.82, 2.24) is 9.97 Å². The van der Waals surface area contributed by atoms with E-state index in [-0.39, 0.29) is 5.69 Å². The zero-order valence-corrected chi connectivity index (χ0v) is 9.15. The van der Waals surface area contributed by atoms with E-state index in [0.29, 0.717) is 11.9 Å². The summed E-state index contributed by atoms with van der Waals surface area (Å²) in [6, 6.07) is 0.392. The average Bonchev–Trinajstić information content (AvgIpc) is 2.31. The third-order valence-electron chi connectivity index (χ3n) is 2.88. The van der Waals surface area contributed by atoms with E-state index in [1.54, 1.807) is 6.20 Å². The van der Waals surface area contributed by atoms with Crippen molar-refractivity contribution in [2.75, 3.05) is 5.32 Å². The zero-order valence-electron chi connectivity index (χ0n) is 9.15. The molecule has 1 aromatic heterocycles. The maximum absolute atomic E-state index is 11.1. The van der Waals surface area contributed by atoms with Crippen LogP contribution in [-0.4, -0.2) is 21.9 Å². The van der Waals surface area contributed by atoms with Gasteiger partial charge in [0.05, 0.1) is 0 Å². The number of aromatic nitrogens is 2. The fourth-order valence-electron chi connectivity index (χ4n) is 2.06. The van der Waals surface area contributed by atoms with Crippen LogP contribution in [-0.2, 0) is 0 Å². The van der Waals surface area contributed by atoms with Crippen molar-refractivity contribution < 1.29 is 4.79 Å². The Hall–Kier alpha value is -1.65. The van der Waals surface area contributed by atoms with Crippen molar-refractivity contribution >= 4 is 11.7 Å². The van der Waals surface area contributed by atoms with Gasteiger partial charge in [-0.3, -0.25) is 4.79 Å². The normalized spacial score (nSPS) is 17.0. The summed E-state index contributed by atoms with van der Waals surface area (Å²) < 4.78 is 0. The molecule has 1 heterocycles. The Morgan fingerprint density at radius 3 is 2.62 bits per heavy atom. The van der Waals surface area contributed by atoms with E-state index in [9.17, 15) is 4.79 Å². The maximum Gasteiger partial charge on any atom is 0.271 e. The summed E-state index contributed by atoms with van der Waals surface area (Å²) in [6.45, 7) is 0. The molecule has 3 N–H and O–H groups in total. The van der Waals surface area contributed by atoms with Crippen LogP contribution < -0.4 is 11.1 Å². The Bertz CT molecular complexity index is 374. The van der Waals surface area contributed by atoms with Gasteiger partial charge in [-0.1, -0.05) is 19.3 Å². The van der Waals surface area contributed by atoms with Gasteiger partial charge < -0.3 is 11.1 Å². The first-order valence-corrected chi connectivity index (χ1v) is 5.64. The number of nitrogens with zero attached hydrogens (tertiary/aromatic N) is 2. The molecule has 5 heteroatoms. The number of anilines is 1. The highest BCUT2D eigenvalue weighted by atomic mass is 16.1. The molecule has 1 aromatic rings. The third kappa shape index (κ3) is 2.48. The number of hydrogen-bond donors (Lipinski definition) is 2. The van der Waals surface area contributed by atoms with Gasteiger partial charge in [-0.25, -0.2) is 9.97 Å². The van der Waals surface area contributed by atoms with Crippen LogP contribution in [0.3, 0.4) is 0 Å². The molecule has 1 saturated carbocycles. The maximum atomic E-state index is 11.1. The highest BCUT2D eigenvalue weighted by molar-refractivity contribution is 5.95. The fraction of sp³-hybridized carbons (Fsp3) is 0.545. The molecular weight excluding hydrogens is 204 g/mol. The Balaban J connectivity index is 2.10. The smallest absolute Gasteiger partial charge is 0.271 e. The molecule has 0 aliphatic heterocycles. The molecule has 0 radical (unpaired) electrons. The van der Waals surface area contributed by atoms with Gasteiger partial charge in [0.1, 0.15) is 0 Å². The molecule has 1 aliphatic carbocycles. The van der Waals surface area contributed by atoms with Crippen LogP contribution in [0, 0.1) is 0 Å². The van der Waals surface area contributed by atoms with E-state index in [0.717, 1.165) is 12.8 Å². The largest absolute Gasteiger partial charge is 0.365 e. The third-order valence-corrected chi connectivity index (χ3v) is 2.88. The summed E-state index contributed by atoms with van der Waals surface area (Å²) in [5, 5.41) is 3.26. The van der Waals surface area contributed by atoms with Crippen LogP contribution in [0.1, 0.15) is 42.6 Å². The lowest BCUT2D eigenvalue weighted by Crippen LogP contribution is -2.26. The van der Waals surface area contributed by atoms with E-state index >= 15 is 0 Å². The van der Waals surface area contributed by atoms with Gasteiger partial charge in [0.25, 0.3) is 5.91 Å². The van der Waals surface area contributed by atoms with E-state index in [4.69, 9.17) is 5.73 Å². The molecule has 2 rings (SSSR count). The lowest BCUT2D eigenvalue weighted by molar-refractivity contribution is 0.0996. The van der Waals surface area contributed by atoms with E-state index in [1.807, 2.05) is 0 Å².